The van der Waals surface area contributed by atoms with Crippen LogP contribution >= 0.6 is 0 Å². The van der Waals surface area contributed by atoms with Crippen LogP contribution in [0.25, 0.3) is 0 Å². The van der Waals surface area contributed by atoms with E-state index >= 15 is 0 Å². The van der Waals surface area contributed by atoms with Gasteiger partial charge in [0, 0.05) is 30.1 Å². The number of rotatable bonds is 4. The minimum Gasteiger partial charge on any atom is -0.392 e. The maximum atomic E-state index is 13.7. The minimum absolute atomic E-state index is 0.0575. The Morgan fingerprint density at radius 2 is 2.12 bits per heavy atom. The van der Waals surface area contributed by atoms with Gasteiger partial charge < -0.3 is 15.3 Å². The molecular weight excluding hydrogens is 307 g/mol. The SMILES string of the molecule is CC(C)C1N(C(=O)NCc2ccc(CO)c(F)c2)CC12CCCC2. The molecule has 1 aliphatic carbocycles. The molecule has 1 aromatic rings. The average molecular weight is 334 g/mol. The van der Waals surface area contributed by atoms with Crippen LogP contribution in [0.3, 0.4) is 0 Å². The van der Waals surface area contributed by atoms with E-state index in [0.717, 1.165) is 6.54 Å². The van der Waals surface area contributed by atoms with Crippen molar-refractivity contribution in [3.63, 3.8) is 0 Å². The Hall–Kier alpha value is -1.62. The number of hydrogen-bond acceptors (Lipinski definition) is 2. The molecule has 1 saturated heterocycles. The van der Waals surface area contributed by atoms with Crippen LogP contribution in [-0.4, -0.2) is 28.6 Å². The van der Waals surface area contributed by atoms with Crippen molar-refractivity contribution >= 4 is 6.03 Å². The van der Waals surface area contributed by atoms with Gasteiger partial charge in [0.25, 0.3) is 0 Å². The van der Waals surface area contributed by atoms with E-state index < -0.39 is 5.82 Å². The maximum absolute atomic E-state index is 13.7. The van der Waals surface area contributed by atoms with Gasteiger partial charge in [0.15, 0.2) is 0 Å². The highest BCUT2D eigenvalue weighted by Gasteiger charge is 2.56. The summed E-state index contributed by atoms with van der Waals surface area (Å²) in [6.07, 6.45) is 5.01. The summed E-state index contributed by atoms with van der Waals surface area (Å²) in [6.45, 7) is 5.21. The first kappa shape index (κ1) is 17.2. The normalized spacial score (nSPS) is 22.0. The first-order chi connectivity index (χ1) is 11.5. The van der Waals surface area contributed by atoms with E-state index in [-0.39, 0.29) is 18.2 Å². The number of carbonyl (C=O) groups excluding carboxylic acids is 1. The topological polar surface area (TPSA) is 52.6 Å². The summed E-state index contributed by atoms with van der Waals surface area (Å²) in [7, 11) is 0. The molecule has 1 aromatic carbocycles. The van der Waals surface area contributed by atoms with Crippen LogP contribution < -0.4 is 5.32 Å². The molecule has 1 unspecified atom stereocenters. The van der Waals surface area contributed by atoms with E-state index in [2.05, 4.69) is 19.2 Å². The molecule has 0 aromatic heterocycles. The fourth-order valence-electron chi connectivity index (χ4n) is 4.66. The second kappa shape index (κ2) is 6.71. The van der Waals surface area contributed by atoms with Crippen LogP contribution in [0.2, 0.25) is 0 Å². The molecule has 3 rings (SSSR count). The van der Waals surface area contributed by atoms with Crippen molar-refractivity contribution in [2.45, 2.75) is 58.7 Å². The summed E-state index contributed by atoms with van der Waals surface area (Å²) in [5, 5.41) is 11.9. The van der Waals surface area contributed by atoms with Crippen LogP contribution in [0.4, 0.5) is 9.18 Å². The van der Waals surface area contributed by atoms with Crippen molar-refractivity contribution in [3.8, 4) is 0 Å². The molecule has 1 aliphatic heterocycles. The largest absolute Gasteiger partial charge is 0.392 e. The van der Waals surface area contributed by atoms with Crippen molar-refractivity contribution in [1.82, 2.24) is 10.2 Å². The molecule has 2 N–H and O–H groups in total. The number of aliphatic hydroxyl groups excluding tert-OH is 1. The Labute approximate surface area is 143 Å². The fraction of sp³-hybridized carbons (Fsp3) is 0.632. The Morgan fingerprint density at radius 3 is 2.71 bits per heavy atom. The number of hydrogen-bond donors (Lipinski definition) is 2. The highest BCUT2D eigenvalue weighted by atomic mass is 19.1. The third kappa shape index (κ3) is 3.02. The summed E-state index contributed by atoms with van der Waals surface area (Å²) >= 11 is 0. The third-order valence-corrected chi connectivity index (χ3v) is 5.67. The zero-order valence-electron chi connectivity index (χ0n) is 14.5. The van der Waals surface area contributed by atoms with Gasteiger partial charge in [-0.05, 0) is 30.4 Å². The van der Waals surface area contributed by atoms with Gasteiger partial charge in [-0.2, -0.15) is 0 Å². The van der Waals surface area contributed by atoms with Gasteiger partial charge in [-0.1, -0.05) is 38.8 Å². The smallest absolute Gasteiger partial charge is 0.317 e. The van der Waals surface area contributed by atoms with Crippen molar-refractivity contribution in [2.24, 2.45) is 11.3 Å². The zero-order valence-corrected chi connectivity index (χ0v) is 14.5. The quantitative estimate of drug-likeness (QED) is 0.886. The van der Waals surface area contributed by atoms with Gasteiger partial charge in [-0.3, -0.25) is 0 Å². The number of amides is 2. The lowest BCUT2D eigenvalue weighted by Gasteiger charge is -2.58. The summed E-state index contributed by atoms with van der Waals surface area (Å²) in [4.78, 5) is 14.5. The molecule has 1 atom stereocenters. The van der Waals surface area contributed by atoms with E-state index in [1.165, 1.54) is 31.7 Å². The molecule has 1 saturated carbocycles. The van der Waals surface area contributed by atoms with E-state index in [0.29, 0.717) is 29.5 Å². The molecule has 2 fully saturated rings. The Balaban J connectivity index is 1.60. The van der Waals surface area contributed by atoms with Crippen molar-refractivity contribution in [3.05, 3.63) is 35.1 Å². The van der Waals surface area contributed by atoms with Crippen molar-refractivity contribution < 1.29 is 14.3 Å². The summed E-state index contributed by atoms with van der Waals surface area (Å²) in [6, 6.07) is 4.93. The molecule has 0 radical (unpaired) electrons. The predicted molar refractivity (Wildman–Crippen MR) is 90.8 cm³/mol. The number of carbonyl (C=O) groups is 1. The van der Waals surface area contributed by atoms with E-state index in [1.54, 1.807) is 12.1 Å². The molecule has 1 spiro atoms. The van der Waals surface area contributed by atoms with Gasteiger partial charge in [-0.15, -0.1) is 0 Å². The van der Waals surface area contributed by atoms with Gasteiger partial charge in [0.05, 0.1) is 6.61 Å². The zero-order chi connectivity index (χ0) is 17.3. The standard InChI is InChI=1S/C19H27FN2O2/c1-13(2)17-19(7-3-4-8-19)12-22(17)18(24)21-10-14-5-6-15(11-23)16(20)9-14/h5-6,9,13,17,23H,3-4,7-8,10-12H2,1-2H3,(H,21,24). The average Bonchev–Trinajstić information content (AvgIpc) is 3.01. The number of likely N-dealkylation sites (tertiary alicyclic amines) is 1. The van der Waals surface area contributed by atoms with Crippen LogP contribution in [0.5, 0.6) is 0 Å². The Bertz CT molecular complexity index is 611. The van der Waals surface area contributed by atoms with E-state index in [1.807, 2.05) is 4.90 Å². The highest BCUT2D eigenvalue weighted by molar-refractivity contribution is 5.76. The number of benzene rings is 1. The Morgan fingerprint density at radius 1 is 1.42 bits per heavy atom. The summed E-state index contributed by atoms with van der Waals surface area (Å²) in [5.41, 5.74) is 1.31. The number of nitrogens with zero attached hydrogens (tertiary/aromatic N) is 1. The van der Waals surface area contributed by atoms with Crippen LogP contribution in [-0.2, 0) is 13.2 Å². The molecule has 2 aliphatic rings. The molecule has 4 nitrogen and oxygen atoms in total. The number of urea groups is 1. The Kier molecular flexibility index (Phi) is 4.81. The molecule has 1 heterocycles. The number of nitrogens with one attached hydrogen (secondary N) is 1. The maximum Gasteiger partial charge on any atom is 0.317 e. The first-order valence-electron chi connectivity index (χ1n) is 8.89. The van der Waals surface area contributed by atoms with E-state index in [4.69, 9.17) is 5.11 Å². The monoisotopic (exact) mass is 334 g/mol. The lowest BCUT2D eigenvalue weighted by atomic mass is 9.66. The van der Waals surface area contributed by atoms with E-state index in [9.17, 15) is 9.18 Å². The van der Waals surface area contributed by atoms with Gasteiger partial charge in [-0.25, -0.2) is 9.18 Å². The number of aliphatic hydroxyl groups is 1. The molecule has 2 amide bonds. The minimum atomic E-state index is -0.432. The lowest BCUT2D eigenvalue weighted by molar-refractivity contribution is -0.0616. The first-order valence-corrected chi connectivity index (χ1v) is 8.89. The van der Waals surface area contributed by atoms with Crippen LogP contribution in [0.15, 0.2) is 18.2 Å². The van der Waals surface area contributed by atoms with Crippen molar-refractivity contribution in [1.29, 1.82) is 0 Å². The number of halogens is 1. The second-order valence-electron chi connectivity index (χ2n) is 7.63. The van der Waals surface area contributed by atoms with Crippen LogP contribution in [0, 0.1) is 17.2 Å². The van der Waals surface area contributed by atoms with Gasteiger partial charge in [0.1, 0.15) is 5.82 Å². The molecular formula is C19H27FN2O2. The third-order valence-electron chi connectivity index (χ3n) is 5.67. The second-order valence-corrected chi connectivity index (χ2v) is 7.63. The predicted octanol–water partition coefficient (Wildman–Crippen LogP) is 3.43. The van der Waals surface area contributed by atoms with Crippen molar-refractivity contribution in [2.75, 3.05) is 6.54 Å². The molecule has 0 bridgehead atoms. The molecule has 132 valence electrons. The lowest BCUT2D eigenvalue weighted by Crippen LogP contribution is -2.68. The van der Waals surface area contributed by atoms with Crippen LogP contribution in [0.1, 0.15) is 50.7 Å². The summed E-state index contributed by atoms with van der Waals surface area (Å²) in [5.74, 6) is 0.0158. The molecule has 5 heteroatoms. The summed E-state index contributed by atoms with van der Waals surface area (Å²) < 4.78 is 13.7. The molecule has 24 heavy (non-hydrogen) atoms. The highest BCUT2D eigenvalue weighted by Crippen LogP contribution is 2.52. The van der Waals surface area contributed by atoms with Gasteiger partial charge >= 0.3 is 6.03 Å². The fourth-order valence-corrected chi connectivity index (χ4v) is 4.66. The van der Waals surface area contributed by atoms with Gasteiger partial charge in [0.2, 0.25) is 0 Å².